The summed E-state index contributed by atoms with van der Waals surface area (Å²) in [6, 6.07) is 22.9. The lowest BCUT2D eigenvalue weighted by atomic mass is 10.0. The molecule has 43 heavy (non-hydrogen) atoms. The summed E-state index contributed by atoms with van der Waals surface area (Å²) < 4.78 is 32.7. The number of benzene rings is 3. The SMILES string of the molecule is CCCCCNC(=O)[C@H](c1ccccc1)N(Cc1ccc(OC)cc1)C(=O)CCc1ccc(S(=O)(=O)N2CCCC2)cc1. The van der Waals surface area contributed by atoms with E-state index in [1.165, 1.54) is 4.31 Å². The van der Waals surface area contributed by atoms with Crippen molar-refractivity contribution in [3.05, 3.63) is 95.6 Å². The molecule has 1 heterocycles. The zero-order chi connectivity index (χ0) is 30.7. The number of hydrogen-bond donors (Lipinski definition) is 1. The Balaban J connectivity index is 1.55. The van der Waals surface area contributed by atoms with Crippen LogP contribution in [-0.4, -0.2) is 56.2 Å². The number of sulfonamides is 1. The summed E-state index contributed by atoms with van der Waals surface area (Å²) >= 11 is 0. The van der Waals surface area contributed by atoms with E-state index in [0.29, 0.717) is 31.8 Å². The van der Waals surface area contributed by atoms with Crippen molar-refractivity contribution in [2.24, 2.45) is 0 Å². The number of methoxy groups -OCH3 is 1. The lowest BCUT2D eigenvalue weighted by Gasteiger charge is -2.32. The van der Waals surface area contributed by atoms with Gasteiger partial charge >= 0.3 is 0 Å². The fourth-order valence-electron chi connectivity index (χ4n) is 5.34. The molecule has 0 aromatic heterocycles. The van der Waals surface area contributed by atoms with Gasteiger partial charge in [0.2, 0.25) is 21.8 Å². The highest BCUT2D eigenvalue weighted by molar-refractivity contribution is 7.89. The molecule has 1 saturated heterocycles. The largest absolute Gasteiger partial charge is 0.497 e. The summed E-state index contributed by atoms with van der Waals surface area (Å²) in [5, 5.41) is 3.06. The minimum Gasteiger partial charge on any atom is -0.497 e. The van der Waals surface area contributed by atoms with Crippen LogP contribution in [0, 0.1) is 0 Å². The van der Waals surface area contributed by atoms with Gasteiger partial charge in [-0.1, -0.05) is 74.4 Å². The first-order valence-electron chi connectivity index (χ1n) is 15.2. The Bertz CT molecular complexity index is 1420. The predicted octanol–water partition coefficient (Wildman–Crippen LogP) is 5.49. The highest BCUT2D eigenvalue weighted by Crippen LogP contribution is 2.27. The van der Waals surface area contributed by atoms with Crippen molar-refractivity contribution in [1.29, 1.82) is 0 Å². The Hall–Kier alpha value is -3.69. The summed E-state index contributed by atoms with van der Waals surface area (Å²) in [4.78, 5) is 29.6. The van der Waals surface area contributed by atoms with Crippen molar-refractivity contribution in [2.75, 3.05) is 26.7 Å². The number of hydrogen-bond acceptors (Lipinski definition) is 5. The number of carbonyl (C=O) groups is 2. The van der Waals surface area contributed by atoms with Gasteiger partial charge in [-0.3, -0.25) is 9.59 Å². The zero-order valence-electron chi connectivity index (χ0n) is 25.2. The van der Waals surface area contributed by atoms with Gasteiger partial charge in [-0.2, -0.15) is 4.31 Å². The van der Waals surface area contributed by atoms with Gasteiger partial charge in [0.15, 0.2) is 0 Å². The first kappa shape index (κ1) is 32.2. The molecule has 9 heteroatoms. The molecule has 4 rings (SSSR count). The van der Waals surface area contributed by atoms with Gasteiger partial charge in [0.1, 0.15) is 11.8 Å². The second-order valence-electron chi connectivity index (χ2n) is 10.9. The third kappa shape index (κ3) is 8.67. The molecule has 0 aliphatic carbocycles. The molecular weight excluding hydrogens is 562 g/mol. The number of carbonyl (C=O) groups excluding carboxylic acids is 2. The van der Waals surface area contributed by atoms with Crippen LogP contribution in [0.3, 0.4) is 0 Å². The van der Waals surface area contributed by atoms with E-state index in [4.69, 9.17) is 4.74 Å². The van der Waals surface area contributed by atoms with Gasteiger partial charge in [-0.15, -0.1) is 0 Å². The number of rotatable bonds is 15. The Labute approximate surface area is 256 Å². The van der Waals surface area contributed by atoms with Gasteiger partial charge in [-0.25, -0.2) is 8.42 Å². The first-order chi connectivity index (χ1) is 20.8. The summed E-state index contributed by atoms with van der Waals surface area (Å²) in [6.07, 6.45) is 5.29. The third-order valence-electron chi connectivity index (χ3n) is 7.84. The average molecular weight is 606 g/mol. The molecule has 3 aromatic carbocycles. The van der Waals surface area contributed by atoms with Crippen LogP contribution in [0.1, 0.15) is 68.2 Å². The molecule has 0 radical (unpaired) electrons. The van der Waals surface area contributed by atoms with Crippen LogP contribution in [-0.2, 0) is 32.6 Å². The highest BCUT2D eigenvalue weighted by Gasteiger charge is 2.31. The van der Waals surface area contributed by atoms with E-state index >= 15 is 0 Å². The minimum atomic E-state index is -3.50. The smallest absolute Gasteiger partial charge is 0.247 e. The number of nitrogens with zero attached hydrogens (tertiary/aromatic N) is 2. The second kappa shape index (κ2) is 15.7. The summed E-state index contributed by atoms with van der Waals surface area (Å²) in [5.41, 5.74) is 2.48. The molecule has 1 aliphatic rings. The topological polar surface area (TPSA) is 96.0 Å². The molecule has 1 N–H and O–H groups in total. The van der Waals surface area contributed by atoms with E-state index in [1.807, 2.05) is 54.6 Å². The Kier molecular flexibility index (Phi) is 11.8. The fraction of sp³-hybridized carbons (Fsp3) is 0.412. The number of amides is 2. The molecule has 1 atom stereocenters. The Morgan fingerprint density at radius 2 is 1.56 bits per heavy atom. The van der Waals surface area contributed by atoms with E-state index in [9.17, 15) is 18.0 Å². The maximum absolute atomic E-state index is 14.0. The lowest BCUT2D eigenvalue weighted by molar-refractivity contribution is -0.141. The second-order valence-corrected chi connectivity index (χ2v) is 12.9. The molecule has 0 unspecified atom stereocenters. The highest BCUT2D eigenvalue weighted by atomic mass is 32.2. The molecule has 230 valence electrons. The summed E-state index contributed by atoms with van der Waals surface area (Å²) in [7, 11) is -1.89. The van der Waals surface area contributed by atoms with E-state index in [1.54, 1.807) is 36.3 Å². The lowest BCUT2D eigenvalue weighted by Crippen LogP contribution is -2.43. The van der Waals surface area contributed by atoms with Crippen LogP contribution in [0.25, 0.3) is 0 Å². The summed E-state index contributed by atoms with van der Waals surface area (Å²) in [6.45, 7) is 4.02. The molecule has 8 nitrogen and oxygen atoms in total. The normalized spacial score (nSPS) is 14.3. The molecular formula is C34H43N3O5S. The van der Waals surface area contributed by atoms with Crippen molar-refractivity contribution >= 4 is 21.8 Å². The fourth-order valence-corrected chi connectivity index (χ4v) is 6.86. The van der Waals surface area contributed by atoms with E-state index in [-0.39, 0.29) is 29.7 Å². The van der Waals surface area contributed by atoms with Crippen LogP contribution >= 0.6 is 0 Å². The van der Waals surface area contributed by atoms with E-state index in [0.717, 1.165) is 48.8 Å². The number of unbranched alkanes of at least 4 members (excludes halogenated alkanes) is 2. The molecule has 0 spiro atoms. The number of ether oxygens (including phenoxy) is 1. The van der Waals surface area contributed by atoms with Gasteiger partial charge in [-0.05, 0) is 66.6 Å². The van der Waals surface area contributed by atoms with Gasteiger partial charge in [0.05, 0.1) is 12.0 Å². The zero-order valence-corrected chi connectivity index (χ0v) is 26.0. The summed E-state index contributed by atoms with van der Waals surface area (Å²) in [5.74, 6) is 0.341. The van der Waals surface area contributed by atoms with E-state index in [2.05, 4.69) is 12.2 Å². The van der Waals surface area contributed by atoms with Crippen molar-refractivity contribution < 1.29 is 22.7 Å². The van der Waals surface area contributed by atoms with Gasteiger partial charge < -0.3 is 15.0 Å². The first-order valence-corrected chi connectivity index (χ1v) is 16.6. The standard InChI is InChI=1S/C34H43N3O5S/c1-3-4-8-23-35-34(39)33(29-11-6-5-7-12-29)37(26-28-13-18-30(42-2)19-14-28)32(38)22-17-27-15-20-31(21-16-27)43(40,41)36-24-9-10-25-36/h5-7,11-16,18-21,33H,3-4,8-10,17,22-26H2,1-2H3,(H,35,39)/t33-/m0/s1. The average Bonchev–Trinajstić information content (AvgIpc) is 3.59. The van der Waals surface area contributed by atoms with Crippen molar-refractivity contribution in [1.82, 2.24) is 14.5 Å². The van der Waals surface area contributed by atoms with Crippen LogP contribution in [0.5, 0.6) is 5.75 Å². The molecule has 0 saturated carbocycles. The minimum absolute atomic E-state index is 0.165. The third-order valence-corrected chi connectivity index (χ3v) is 9.75. The van der Waals surface area contributed by atoms with Crippen LogP contribution in [0.2, 0.25) is 0 Å². The Morgan fingerprint density at radius 1 is 0.907 bits per heavy atom. The maximum Gasteiger partial charge on any atom is 0.247 e. The molecule has 2 amide bonds. The molecule has 3 aromatic rings. The Morgan fingerprint density at radius 3 is 2.19 bits per heavy atom. The van der Waals surface area contributed by atoms with Crippen molar-refractivity contribution in [3.8, 4) is 5.75 Å². The molecule has 1 fully saturated rings. The van der Waals surface area contributed by atoms with Crippen LogP contribution in [0.4, 0.5) is 0 Å². The molecule has 1 aliphatic heterocycles. The van der Waals surface area contributed by atoms with Crippen LogP contribution in [0.15, 0.2) is 83.8 Å². The maximum atomic E-state index is 14.0. The van der Waals surface area contributed by atoms with Crippen molar-refractivity contribution in [3.63, 3.8) is 0 Å². The van der Waals surface area contributed by atoms with Crippen molar-refractivity contribution in [2.45, 2.75) is 69.4 Å². The van der Waals surface area contributed by atoms with E-state index < -0.39 is 16.1 Å². The molecule has 0 bridgehead atoms. The quantitative estimate of drug-likeness (QED) is 0.231. The van der Waals surface area contributed by atoms with Crippen LogP contribution < -0.4 is 10.1 Å². The van der Waals surface area contributed by atoms with Gasteiger partial charge in [0.25, 0.3) is 0 Å². The number of aryl methyl sites for hydroxylation is 1. The monoisotopic (exact) mass is 605 g/mol. The predicted molar refractivity (Wildman–Crippen MR) is 168 cm³/mol. The van der Waals surface area contributed by atoms with Gasteiger partial charge in [0, 0.05) is 32.6 Å². The number of nitrogens with one attached hydrogen (secondary N) is 1.